The van der Waals surface area contributed by atoms with Crippen LogP contribution in [0, 0.1) is 11.3 Å². The van der Waals surface area contributed by atoms with E-state index in [-0.39, 0.29) is 23.9 Å². The monoisotopic (exact) mass is 460 g/mol. The molecule has 0 atom stereocenters. The van der Waals surface area contributed by atoms with Gasteiger partial charge in [-0.25, -0.2) is 0 Å². The summed E-state index contributed by atoms with van der Waals surface area (Å²) in [5.41, 5.74) is 1.64. The number of carbonyl (C=O) groups excluding carboxylic acids is 1. The molecule has 2 rings (SSSR count). The molecular formula is C23H29N2O6P. The van der Waals surface area contributed by atoms with Gasteiger partial charge in [-0.1, -0.05) is 12.1 Å². The number of nitrogens with one attached hydrogen (secondary N) is 1. The van der Waals surface area contributed by atoms with Gasteiger partial charge in [0.15, 0.2) is 11.5 Å². The van der Waals surface area contributed by atoms with Crippen molar-refractivity contribution in [3.05, 3.63) is 53.1 Å². The molecular weight excluding hydrogens is 431 g/mol. The lowest BCUT2D eigenvalue weighted by Gasteiger charge is -2.23. The minimum absolute atomic E-state index is 0.0967. The fourth-order valence-electron chi connectivity index (χ4n) is 3.00. The van der Waals surface area contributed by atoms with Crippen LogP contribution in [0.3, 0.4) is 0 Å². The molecule has 32 heavy (non-hydrogen) atoms. The zero-order chi connectivity index (χ0) is 23.9. The van der Waals surface area contributed by atoms with Gasteiger partial charge in [-0.05, 0) is 45.4 Å². The number of rotatable bonds is 10. The third-order valence-electron chi connectivity index (χ3n) is 4.23. The fourth-order valence-corrected chi connectivity index (χ4v) is 5.14. The van der Waals surface area contributed by atoms with Crippen molar-refractivity contribution in [2.45, 2.75) is 46.1 Å². The first-order chi connectivity index (χ1) is 15.1. The van der Waals surface area contributed by atoms with E-state index in [0.717, 1.165) is 5.56 Å². The predicted octanol–water partition coefficient (Wildman–Crippen LogP) is 5.37. The Labute approximate surface area is 189 Å². The lowest BCUT2D eigenvalue weighted by atomic mass is 10.1. The summed E-state index contributed by atoms with van der Waals surface area (Å²) in [5, 5.41) is 12.1. The zero-order valence-electron chi connectivity index (χ0n) is 19.2. The van der Waals surface area contributed by atoms with Crippen LogP contribution in [0.15, 0.2) is 36.4 Å². The number of nitrogens with zero attached hydrogens (tertiary/aromatic N) is 1. The van der Waals surface area contributed by atoms with Crippen molar-refractivity contribution in [1.29, 1.82) is 5.26 Å². The number of amides is 1. The number of ether oxygens (including phenoxy) is 2. The molecule has 0 fully saturated rings. The van der Waals surface area contributed by atoms with Gasteiger partial charge >= 0.3 is 7.60 Å². The Morgan fingerprint density at radius 1 is 1.00 bits per heavy atom. The molecule has 2 aromatic rings. The first-order valence-corrected chi connectivity index (χ1v) is 11.9. The highest BCUT2D eigenvalue weighted by Gasteiger charge is 2.28. The van der Waals surface area contributed by atoms with E-state index in [2.05, 4.69) is 5.32 Å². The number of benzene rings is 2. The van der Waals surface area contributed by atoms with E-state index in [1.54, 1.807) is 52.0 Å². The van der Waals surface area contributed by atoms with Gasteiger partial charge in [0.05, 0.1) is 43.8 Å². The SMILES string of the molecule is COc1cc(C#N)c(NC(=O)c2ccc(CP(=O)(OC(C)C)OC(C)C)cc2)cc1OC. The Kier molecular flexibility index (Phi) is 8.85. The van der Waals surface area contributed by atoms with Crippen LogP contribution < -0.4 is 14.8 Å². The first-order valence-electron chi connectivity index (χ1n) is 10.1. The molecule has 9 heteroatoms. The zero-order valence-corrected chi connectivity index (χ0v) is 20.1. The summed E-state index contributed by atoms with van der Waals surface area (Å²) in [6.07, 6.45) is -0.402. The van der Waals surface area contributed by atoms with E-state index in [9.17, 15) is 14.6 Å². The molecule has 1 N–H and O–H groups in total. The molecule has 0 saturated heterocycles. The van der Waals surface area contributed by atoms with Crippen molar-refractivity contribution in [3.63, 3.8) is 0 Å². The number of nitriles is 1. The molecule has 0 heterocycles. The summed E-state index contributed by atoms with van der Waals surface area (Å²) < 4.78 is 34.7. The van der Waals surface area contributed by atoms with Crippen LogP contribution in [0.1, 0.15) is 49.2 Å². The highest BCUT2D eigenvalue weighted by molar-refractivity contribution is 7.53. The van der Waals surface area contributed by atoms with Gasteiger partial charge in [0, 0.05) is 17.7 Å². The standard InChI is InChI=1S/C23H29N2O6P/c1-15(2)30-32(27,31-16(3)4)14-17-7-9-18(10-8-17)23(26)25-20-12-22(29-6)21(28-5)11-19(20)13-24/h7-12,15-16H,14H2,1-6H3,(H,25,26). The average Bonchev–Trinajstić information content (AvgIpc) is 2.72. The van der Waals surface area contributed by atoms with Crippen LogP contribution in [-0.4, -0.2) is 32.3 Å². The summed E-state index contributed by atoms with van der Waals surface area (Å²) in [6, 6.07) is 11.7. The molecule has 2 aromatic carbocycles. The van der Waals surface area contributed by atoms with Crippen LogP contribution >= 0.6 is 7.60 Å². The molecule has 0 bridgehead atoms. The summed E-state index contributed by atoms with van der Waals surface area (Å²) in [7, 11) is -0.398. The third kappa shape index (κ3) is 6.83. The van der Waals surface area contributed by atoms with E-state index >= 15 is 0 Å². The van der Waals surface area contributed by atoms with Crippen molar-refractivity contribution in [2.75, 3.05) is 19.5 Å². The first kappa shape index (κ1) is 25.4. The van der Waals surface area contributed by atoms with E-state index in [4.69, 9.17) is 18.5 Å². The molecule has 1 amide bonds. The largest absolute Gasteiger partial charge is 0.493 e. The fraction of sp³-hybridized carbons (Fsp3) is 0.391. The minimum atomic E-state index is -3.34. The summed E-state index contributed by atoms with van der Waals surface area (Å²) >= 11 is 0. The summed E-state index contributed by atoms with van der Waals surface area (Å²) in [4.78, 5) is 12.7. The second-order valence-corrected chi connectivity index (χ2v) is 9.55. The van der Waals surface area contributed by atoms with Crippen LogP contribution in [0.4, 0.5) is 5.69 Å². The number of carbonyl (C=O) groups is 1. The van der Waals surface area contributed by atoms with Crippen molar-refractivity contribution in [3.8, 4) is 17.6 Å². The maximum Gasteiger partial charge on any atom is 0.335 e. The van der Waals surface area contributed by atoms with Gasteiger partial charge in [0.25, 0.3) is 5.91 Å². The second kappa shape index (κ2) is 11.1. The maximum absolute atomic E-state index is 13.1. The normalized spacial score (nSPS) is 11.3. The van der Waals surface area contributed by atoms with Crippen molar-refractivity contribution >= 4 is 19.2 Å². The van der Waals surface area contributed by atoms with Gasteiger partial charge in [-0.3, -0.25) is 9.36 Å². The maximum atomic E-state index is 13.1. The van der Waals surface area contributed by atoms with Crippen molar-refractivity contribution in [1.82, 2.24) is 0 Å². The Balaban J connectivity index is 2.20. The molecule has 8 nitrogen and oxygen atoms in total. The molecule has 172 valence electrons. The van der Waals surface area contributed by atoms with E-state index in [0.29, 0.717) is 22.7 Å². The molecule has 0 aliphatic heterocycles. The summed E-state index contributed by atoms with van der Waals surface area (Å²) in [5.74, 6) is 0.381. The molecule has 0 unspecified atom stereocenters. The third-order valence-corrected chi connectivity index (χ3v) is 6.47. The van der Waals surface area contributed by atoms with Crippen LogP contribution in [0.2, 0.25) is 0 Å². The molecule has 0 radical (unpaired) electrons. The van der Waals surface area contributed by atoms with Gasteiger partial charge in [0.2, 0.25) is 0 Å². The van der Waals surface area contributed by atoms with Gasteiger partial charge < -0.3 is 23.8 Å². The number of anilines is 1. The van der Waals surface area contributed by atoms with Crippen molar-refractivity contribution in [2.24, 2.45) is 0 Å². The molecule has 0 aliphatic carbocycles. The Hall–Kier alpha value is -2.85. The van der Waals surface area contributed by atoms with Crippen LogP contribution in [0.25, 0.3) is 0 Å². The second-order valence-electron chi connectivity index (χ2n) is 7.59. The lowest BCUT2D eigenvalue weighted by Crippen LogP contribution is -2.13. The van der Waals surface area contributed by atoms with E-state index in [1.165, 1.54) is 26.4 Å². The Bertz CT molecular complexity index is 1010. The minimum Gasteiger partial charge on any atom is -0.493 e. The van der Waals surface area contributed by atoms with Gasteiger partial charge in [0.1, 0.15) is 6.07 Å². The molecule has 0 aliphatic rings. The average molecular weight is 460 g/mol. The molecule has 0 aromatic heterocycles. The number of hydrogen-bond donors (Lipinski definition) is 1. The Morgan fingerprint density at radius 3 is 2.00 bits per heavy atom. The Morgan fingerprint density at radius 2 is 1.53 bits per heavy atom. The highest BCUT2D eigenvalue weighted by atomic mass is 31.2. The van der Waals surface area contributed by atoms with Gasteiger partial charge in [-0.15, -0.1) is 0 Å². The summed E-state index contributed by atoms with van der Waals surface area (Å²) in [6.45, 7) is 7.20. The van der Waals surface area contributed by atoms with Gasteiger partial charge in [-0.2, -0.15) is 5.26 Å². The quantitative estimate of drug-likeness (QED) is 0.475. The highest BCUT2D eigenvalue weighted by Crippen LogP contribution is 2.53. The molecule has 0 spiro atoms. The van der Waals surface area contributed by atoms with E-state index in [1.807, 2.05) is 6.07 Å². The van der Waals surface area contributed by atoms with E-state index < -0.39 is 13.5 Å². The predicted molar refractivity (Wildman–Crippen MR) is 122 cm³/mol. The molecule has 0 saturated carbocycles. The number of hydrogen-bond acceptors (Lipinski definition) is 7. The topological polar surface area (TPSA) is 107 Å². The number of methoxy groups -OCH3 is 2. The van der Waals surface area contributed by atoms with Crippen molar-refractivity contribution < 1.29 is 27.9 Å². The lowest BCUT2D eigenvalue weighted by molar-refractivity contribution is 0.102. The van der Waals surface area contributed by atoms with Crippen LogP contribution in [0.5, 0.6) is 11.5 Å². The smallest absolute Gasteiger partial charge is 0.335 e. The van der Waals surface area contributed by atoms with Crippen LogP contribution in [-0.2, 0) is 19.8 Å².